The van der Waals surface area contributed by atoms with Gasteiger partial charge in [-0.05, 0) is 60.7 Å². The van der Waals surface area contributed by atoms with Crippen LogP contribution in [0.15, 0.2) is 105 Å². The van der Waals surface area contributed by atoms with Gasteiger partial charge in [-0.3, -0.25) is 4.79 Å². The van der Waals surface area contributed by atoms with Crippen molar-refractivity contribution in [1.29, 1.82) is 5.26 Å². The van der Waals surface area contributed by atoms with E-state index in [2.05, 4.69) is 5.32 Å². The molecule has 4 nitrogen and oxygen atoms in total. The number of benzene rings is 4. The Morgan fingerprint density at radius 3 is 2.08 bits per heavy atom. The van der Waals surface area contributed by atoms with Crippen LogP contribution in [0.5, 0.6) is 0 Å². The minimum atomic E-state index is -4.44. The third kappa shape index (κ3) is 6.73. The maximum Gasteiger partial charge on any atom is 0.416 e. The van der Waals surface area contributed by atoms with E-state index in [0.717, 1.165) is 52.7 Å². The predicted octanol–water partition coefficient (Wildman–Crippen LogP) is 8.73. The summed E-state index contributed by atoms with van der Waals surface area (Å²) in [6.45, 7) is 0. The fraction of sp³-hybridized carbons (Fsp3) is 0.0714. The van der Waals surface area contributed by atoms with E-state index in [1.54, 1.807) is 48.5 Å². The molecule has 0 aliphatic carbocycles. The van der Waals surface area contributed by atoms with Gasteiger partial charge in [-0.2, -0.15) is 31.6 Å². The fourth-order valence-electron chi connectivity index (χ4n) is 3.51. The molecule has 1 amide bonds. The lowest BCUT2D eigenvalue weighted by Gasteiger charge is -2.11. The number of carbonyl (C=O) groups excluding carboxylic acids is 1. The molecule has 1 heterocycles. The second-order valence-corrected chi connectivity index (χ2v) is 10.4. The number of fused-ring (bicyclic) bond motifs is 2. The number of alkyl halides is 6. The summed E-state index contributed by atoms with van der Waals surface area (Å²) in [5, 5.41) is 11.7. The van der Waals surface area contributed by atoms with Gasteiger partial charge < -0.3 is 11.1 Å². The summed E-state index contributed by atoms with van der Waals surface area (Å²) >= 11 is 2.20. The molecule has 0 spiro atoms. The van der Waals surface area contributed by atoms with E-state index >= 15 is 0 Å². The Kier molecular flexibility index (Phi) is 8.37. The SMILES string of the molecule is N#Cc1ccc(C(F)(F)F)cc1Sc1ccccc1N.O=C1Nc2ccccc2Sc2cc(C(F)(F)F)ccc21. The Morgan fingerprint density at radius 2 is 1.40 bits per heavy atom. The first kappa shape index (κ1) is 28.9. The maximum absolute atomic E-state index is 12.7. The molecule has 12 heteroatoms. The summed E-state index contributed by atoms with van der Waals surface area (Å²) in [5.74, 6) is -0.397. The molecule has 1 aliphatic rings. The highest BCUT2D eigenvalue weighted by molar-refractivity contribution is 7.99. The number of nitrogens with two attached hydrogens (primary N) is 1. The van der Waals surface area contributed by atoms with Crippen LogP contribution in [0, 0.1) is 11.3 Å². The number of hydrogen-bond donors (Lipinski definition) is 2. The second-order valence-electron chi connectivity index (χ2n) is 8.22. The first-order valence-corrected chi connectivity index (χ1v) is 12.9. The Bertz CT molecular complexity index is 1610. The molecule has 1 aliphatic heterocycles. The van der Waals surface area contributed by atoms with Crippen LogP contribution in [0.25, 0.3) is 0 Å². The van der Waals surface area contributed by atoms with Gasteiger partial charge in [-0.25, -0.2) is 0 Å². The lowest BCUT2D eigenvalue weighted by molar-refractivity contribution is -0.138. The number of hydrogen-bond acceptors (Lipinski definition) is 5. The Balaban J connectivity index is 0.000000185. The van der Waals surface area contributed by atoms with Crippen LogP contribution >= 0.6 is 23.5 Å². The van der Waals surface area contributed by atoms with Crippen molar-refractivity contribution in [3.63, 3.8) is 0 Å². The number of carbonyl (C=O) groups is 1. The third-order valence-electron chi connectivity index (χ3n) is 5.48. The molecule has 0 saturated heterocycles. The van der Waals surface area contributed by atoms with Crippen LogP contribution < -0.4 is 11.1 Å². The van der Waals surface area contributed by atoms with Gasteiger partial charge in [0.05, 0.1) is 27.9 Å². The predicted molar refractivity (Wildman–Crippen MR) is 141 cm³/mol. The van der Waals surface area contributed by atoms with Gasteiger partial charge in [0.25, 0.3) is 5.91 Å². The largest absolute Gasteiger partial charge is 0.416 e. The Hall–Kier alpha value is -4.08. The van der Waals surface area contributed by atoms with Gasteiger partial charge in [-0.1, -0.05) is 47.8 Å². The van der Waals surface area contributed by atoms with Gasteiger partial charge in [0.15, 0.2) is 0 Å². The molecular formula is C28H17F6N3OS2. The first-order chi connectivity index (χ1) is 18.9. The lowest BCUT2D eigenvalue weighted by atomic mass is 10.1. The quantitative estimate of drug-likeness (QED) is 0.181. The number of nitriles is 1. The molecule has 0 atom stereocenters. The van der Waals surface area contributed by atoms with Crippen molar-refractivity contribution in [2.75, 3.05) is 11.1 Å². The van der Waals surface area contributed by atoms with Crippen molar-refractivity contribution in [1.82, 2.24) is 0 Å². The zero-order valence-corrected chi connectivity index (χ0v) is 21.7. The van der Waals surface area contributed by atoms with Crippen LogP contribution in [-0.2, 0) is 12.4 Å². The number of rotatable bonds is 2. The number of anilines is 2. The normalized spacial score (nSPS) is 12.6. The van der Waals surface area contributed by atoms with E-state index in [1.807, 2.05) is 6.07 Å². The van der Waals surface area contributed by atoms with Crippen LogP contribution in [0.1, 0.15) is 27.0 Å². The van der Waals surface area contributed by atoms with E-state index in [4.69, 9.17) is 11.0 Å². The molecule has 5 rings (SSSR count). The van der Waals surface area contributed by atoms with Crippen molar-refractivity contribution in [2.45, 2.75) is 31.9 Å². The highest BCUT2D eigenvalue weighted by atomic mass is 32.2. The van der Waals surface area contributed by atoms with Crippen molar-refractivity contribution < 1.29 is 31.1 Å². The molecule has 204 valence electrons. The van der Waals surface area contributed by atoms with Crippen LogP contribution in [0.3, 0.4) is 0 Å². The van der Waals surface area contributed by atoms with E-state index < -0.39 is 29.4 Å². The average Bonchev–Trinajstić information content (AvgIpc) is 3.04. The van der Waals surface area contributed by atoms with Crippen LogP contribution in [0.4, 0.5) is 37.7 Å². The van der Waals surface area contributed by atoms with Gasteiger partial charge in [0, 0.05) is 25.3 Å². The maximum atomic E-state index is 12.7. The molecule has 4 aromatic rings. The fourth-order valence-corrected chi connectivity index (χ4v) is 5.55. The second kappa shape index (κ2) is 11.6. The molecule has 0 fully saturated rings. The zero-order chi connectivity index (χ0) is 29.1. The standard InChI is InChI=1S/C14H9F3N2S.C14H8F3NOS/c15-14(16,17)10-6-5-9(8-18)13(7-10)20-12-4-2-1-3-11(12)19;15-14(16,17)8-5-6-9-12(7-8)20-11-4-2-1-3-10(11)18-13(9)19/h1-7H,19H2;1-7H,(H,18,19). The Morgan fingerprint density at radius 1 is 0.775 bits per heavy atom. The zero-order valence-electron chi connectivity index (χ0n) is 20.1. The third-order valence-corrected chi connectivity index (χ3v) is 7.76. The minimum Gasteiger partial charge on any atom is -0.398 e. The summed E-state index contributed by atoms with van der Waals surface area (Å²) in [6, 6.07) is 21.9. The summed E-state index contributed by atoms with van der Waals surface area (Å²) in [7, 11) is 0. The number of nitrogens with zero attached hydrogens (tertiary/aromatic N) is 1. The van der Waals surface area contributed by atoms with E-state index in [-0.39, 0.29) is 16.0 Å². The van der Waals surface area contributed by atoms with E-state index in [1.165, 1.54) is 12.1 Å². The molecule has 40 heavy (non-hydrogen) atoms. The monoisotopic (exact) mass is 589 g/mol. The van der Waals surface area contributed by atoms with E-state index in [9.17, 15) is 31.1 Å². The first-order valence-electron chi connectivity index (χ1n) is 11.3. The molecule has 4 aromatic carbocycles. The highest BCUT2D eigenvalue weighted by Gasteiger charge is 2.33. The summed E-state index contributed by atoms with van der Waals surface area (Å²) in [5.41, 5.74) is 5.72. The number of para-hydroxylation sites is 2. The molecule has 0 saturated carbocycles. The Labute approximate surface area is 233 Å². The van der Waals surface area contributed by atoms with Gasteiger partial charge >= 0.3 is 12.4 Å². The number of nitrogens with one attached hydrogen (secondary N) is 1. The van der Waals surface area contributed by atoms with E-state index in [0.29, 0.717) is 21.2 Å². The van der Waals surface area contributed by atoms with Crippen LogP contribution in [-0.4, -0.2) is 5.91 Å². The summed E-state index contributed by atoms with van der Waals surface area (Å²) in [6.07, 6.45) is -8.86. The molecule has 0 radical (unpaired) electrons. The molecular weight excluding hydrogens is 572 g/mol. The van der Waals surface area contributed by atoms with Crippen LogP contribution in [0.2, 0.25) is 0 Å². The molecule has 0 bridgehead atoms. The smallest absolute Gasteiger partial charge is 0.398 e. The minimum absolute atomic E-state index is 0.186. The van der Waals surface area contributed by atoms with Gasteiger partial charge in [0.2, 0.25) is 0 Å². The summed E-state index contributed by atoms with van der Waals surface area (Å²) < 4.78 is 76.3. The number of amides is 1. The van der Waals surface area contributed by atoms with Crippen molar-refractivity contribution >= 4 is 40.8 Å². The lowest BCUT2D eigenvalue weighted by Crippen LogP contribution is -2.12. The number of halogens is 6. The molecule has 3 N–H and O–H groups in total. The number of nitrogen functional groups attached to an aromatic ring is 1. The van der Waals surface area contributed by atoms with Crippen molar-refractivity contribution in [2.24, 2.45) is 0 Å². The topological polar surface area (TPSA) is 78.9 Å². The molecule has 0 unspecified atom stereocenters. The van der Waals surface area contributed by atoms with Crippen molar-refractivity contribution in [3.8, 4) is 6.07 Å². The highest BCUT2D eigenvalue weighted by Crippen LogP contribution is 2.41. The summed E-state index contributed by atoms with van der Waals surface area (Å²) in [4.78, 5) is 13.9. The van der Waals surface area contributed by atoms with Crippen molar-refractivity contribution in [3.05, 3.63) is 107 Å². The van der Waals surface area contributed by atoms with Gasteiger partial charge in [0.1, 0.15) is 6.07 Å². The average molecular weight is 590 g/mol. The van der Waals surface area contributed by atoms with Gasteiger partial charge in [-0.15, -0.1) is 0 Å². The molecule has 0 aromatic heterocycles.